The summed E-state index contributed by atoms with van der Waals surface area (Å²) in [5.74, 6) is -0.217. The predicted octanol–water partition coefficient (Wildman–Crippen LogP) is 2.60. The standard InChI is InChI=1S/C15H14N4O/c1-10-5-3-4-6-12(10)18-15(20)13-9-11(2)19-14(17-13)7-8-16-19/h3-9H,1-2H3,(H,18,20). The Kier molecular flexibility index (Phi) is 2.95. The van der Waals surface area contributed by atoms with E-state index in [0.29, 0.717) is 11.3 Å². The molecule has 0 bridgehead atoms. The molecule has 5 heteroatoms. The molecule has 2 aromatic heterocycles. The molecule has 20 heavy (non-hydrogen) atoms. The van der Waals surface area contributed by atoms with Crippen molar-refractivity contribution in [1.29, 1.82) is 0 Å². The first-order valence-electron chi connectivity index (χ1n) is 6.33. The summed E-state index contributed by atoms with van der Waals surface area (Å²) in [5, 5.41) is 7.02. The van der Waals surface area contributed by atoms with Crippen molar-refractivity contribution in [3.63, 3.8) is 0 Å². The molecule has 1 aromatic carbocycles. The maximum absolute atomic E-state index is 12.3. The first kappa shape index (κ1) is 12.3. The predicted molar refractivity (Wildman–Crippen MR) is 76.9 cm³/mol. The van der Waals surface area contributed by atoms with Crippen LogP contribution in [-0.2, 0) is 0 Å². The molecule has 0 fully saturated rings. The number of aryl methyl sites for hydroxylation is 2. The lowest BCUT2D eigenvalue weighted by molar-refractivity contribution is 0.102. The fourth-order valence-corrected chi connectivity index (χ4v) is 2.08. The number of fused-ring (bicyclic) bond motifs is 1. The third-order valence-corrected chi connectivity index (χ3v) is 3.16. The van der Waals surface area contributed by atoms with E-state index in [1.54, 1.807) is 22.8 Å². The van der Waals surface area contributed by atoms with Crippen LogP contribution in [0.15, 0.2) is 42.6 Å². The Morgan fingerprint density at radius 1 is 1.20 bits per heavy atom. The number of benzene rings is 1. The average Bonchev–Trinajstić information content (AvgIpc) is 2.90. The summed E-state index contributed by atoms with van der Waals surface area (Å²) in [6.45, 7) is 3.85. The molecule has 0 unspecified atom stereocenters. The van der Waals surface area contributed by atoms with Gasteiger partial charge in [0.15, 0.2) is 5.65 Å². The van der Waals surface area contributed by atoms with Crippen LogP contribution in [-0.4, -0.2) is 20.5 Å². The first-order chi connectivity index (χ1) is 9.65. The quantitative estimate of drug-likeness (QED) is 0.775. The van der Waals surface area contributed by atoms with Gasteiger partial charge in [-0.05, 0) is 31.5 Å². The van der Waals surface area contributed by atoms with E-state index >= 15 is 0 Å². The fraction of sp³-hybridized carbons (Fsp3) is 0.133. The Hall–Kier alpha value is -2.69. The molecule has 100 valence electrons. The van der Waals surface area contributed by atoms with Gasteiger partial charge in [0.05, 0.1) is 6.20 Å². The topological polar surface area (TPSA) is 59.3 Å². The van der Waals surface area contributed by atoms with Gasteiger partial charge in [0, 0.05) is 17.4 Å². The minimum absolute atomic E-state index is 0.217. The van der Waals surface area contributed by atoms with Gasteiger partial charge < -0.3 is 5.32 Å². The minimum atomic E-state index is -0.217. The van der Waals surface area contributed by atoms with Crippen molar-refractivity contribution in [2.75, 3.05) is 5.32 Å². The lowest BCUT2D eigenvalue weighted by Crippen LogP contribution is -2.15. The van der Waals surface area contributed by atoms with E-state index in [9.17, 15) is 4.79 Å². The molecule has 3 rings (SSSR count). The van der Waals surface area contributed by atoms with E-state index in [1.165, 1.54) is 0 Å². The molecular formula is C15H14N4O. The number of para-hydroxylation sites is 1. The summed E-state index contributed by atoms with van der Waals surface area (Å²) < 4.78 is 1.70. The second kappa shape index (κ2) is 4.77. The SMILES string of the molecule is Cc1ccccc1NC(=O)c1cc(C)n2nccc2n1. The van der Waals surface area contributed by atoms with Crippen molar-refractivity contribution >= 4 is 17.2 Å². The van der Waals surface area contributed by atoms with Crippen LogP contribution in [0, 0.1) is 13.8 Å². The molecule has 3 aromatic rings. The number of aromatic nitrogens is 3. The monoisotopic (exact) mass is 266 g/mol. The zero-order valence-corrected chi connectivity index (χ0v) is 11.3. The number of hydrogen-bond acceptors (Lipinski definition) is 3. The third-order valence-electron chi connectivity index (χ3n) is 3.16. The van der Waals surface area contributed by atoms with Crippen molar-refractivity contribution in [3.8, 4) is 0 Å². The van der Waals surface area contributed by atoms with Gasteiger partial charge in [-0.1, -0.05) is 18.2 Å². The zero-order chi connectivity index (χ0) is 14.1. The normalized spacial score (nSPS) is 10.7. The van der Waals surface area contributed by atoms with Crippen molar-refractivity contribution in [3.05, 3.63) is 59.5 Å². The Bertz CT molecular complexity index is 791. The molecule has 0 aliphatic rings. The maximum Gasteiger partial charge on any atom is 0.274 e. The number of nitrogens with one attached hydrogen (secondary N) is 1. The highest BCUT2D eigenvalue weighted by atomic mass is 16.1. The summed E-state index contributed by atoms with van der Waals surface area (Å²) in [6.07, 6.45) is 1.67. The number of carbonyl (C=O) groups excluding carboxylic acids is 1. The van der Waals surface area contributed by atoms with Gasteiger partial charge in [-0.25, -0.2) is 9.50 Å². The molecule has 0 spiro atoms. The summed E-state index contributed by atoms with van der Waals surface area (Å²) in [6, 6.07) is 11.2. The van der Waals surface area contributed by atoms with Crippen LogP contribution in [0.2, 0.25) is 0 Å². The summed E-state index contributed by atoms with van der Waals surface area (Å²) in [5.41, 5.74) is 3.74. The van der Waals surface area contributed by atoms with Crippen LogP contribution in [0.1, 0.15) is 21.7 Å². The lowest BCUT2D eigenvalue weighted by Gasteiger charge is -2.08. The molecule has 0 saturated heterocycles. The number of rotatable bonds is 2. The molecule has 1 amide bonds. The van der Waals surface area contributed by atoms with Crippen molar-refractivity contribution in [1.82, 2.24) is 14.6 Å². The van der Waals surface area contributed by atoms with Crippen LogP contribution < -0.4 is 5.32 Å². The van der Waals surface area contributed by atoms with E-state index in [1.807, 2.05) is 38.1 Å². The fourth-order valence-electron chi connectivity index (χ4n) is 2.08. The van der Waals surface area contributed by atoms with Gasteiger partial charge in [0.2, 0.25) is 0 Å². The molecule has 0 aliphatic carbocycles. The largest absolute Gasteiger partial charge is 0.320 e. The van der Waals surface area contributed by atoms with Gasteiger partial charge in [0.25, 0.3) is 5.91 Å². The molecule has 0 aliphatic heterocycles. The lowest BCUT2D eigenvalue weighted by atomic mass is 10.2. The highest BCUT2D eigenvalue weighted by molar-refractivity contribution is 6.03. The molecule has 5 nitrogen and oxygen atoms in total. The van der Waals surface area contributed by atoms with Crippen molar-refractivity contribution in [2.24, 2.45) is 0 Å². The van der Waals surface area contributed by atoms with Crippen molar-refractivity contribution < 1.29 is 4.79 Å². The van der Waals surface area contributed by atoms with Gasteiger partial charge >= 0.3 is 0 Å². The number of anilines is 1. The Morgan fingerprint density at radius 2 is 2.00 bits per heavy atom. The summed E-state index contributed by atoms with van der Waals surface area (Å²) in [4.78, 5) is 16.6. The van der Waals surface area contributed by atoms with Gasteiger partial charge in [-0.15, -0.1) is 0 Å². The zero-order valence-electron chi connectivity index (χ0n) is 11.3. The van der Waals surface area contributed by atoms with E-state index in [2.05, 4.69) is 15.4 Å². The van der Waals surface area contributed by atoms with Crippen LogP contribution in [0.3, 0.4) is 0 Å². The van der Waals surface area contributed by atoms with E-state index in [0.717, 1.165) is 16.9 Å². The second-order valence-corrected chi connectivity index (χ2v) is 4.65. The summed E-state index contributed by atoms with van der Waals surface area (Å²) >= 11 is 0. The second-order valence-electron chi connectivity index (χ2n) is 4.65. The number of hydrogen-bond donors (Lipinski definition) is 1. The summed E-state index contributed by atoms with van der Waals surface area (Å²) in [7, 11) is 0. The first-order valence-corrected chi connectivity index (χ1v) is 6.33. The Labute approximate surface area is 116 Å². The Balaban J connectivity index is 1.95. The maximum atomic E-state index is 12.3. The van der Waals surface area contributed by atoms with Gasteiger partial charge in [0.1, 0.15) is 5.69 Å². The Morgan fingerprint density at radius 3 is 2.80 bits per heavy atom. The van der Waals surface area contributed by atoms with E-state index in [-0.39, 0.29) is 5.91 Å². The van der Waals surface area contributed by atoms with Gasteiger partial charge in [-0.3, -0.25) is 4.79 Å². The number of amides is 1. The van der Waals surface area contributed by atoms with Crippen LogP contribution in [0.4, 0.5) is 5.69 Å². The molecule has 2 heterocycles. The smallest absolute Gasteiger partial charge is 0.274 e. The molecular weight excluding hydrogens is 252 g/mol. The number of carbonyl (C=O) groups is 1. The van der Waals surface area contributed by atoms with E-state index in [4.69, 9.17) is 0 Å². The molecule has 1 N–H and O–H groups in total. The van der Waals surface area contributed by atoms with E-state index < -0.39 is 0 Å². The molecule has 0 radical (unpaired) electrons. The molecule has 0 atom stereocenters. The van der Waals surface area contributed by atoms with Crippen LogP contribution >= 0.6 is 0 Å². The van der Waals surface area contributed by atoms with Crippen LogP contribution in [0.5, 0.6) is 0 Å². The average molecular weight is 266 g/mol. The number of nitrogens with zero attached hydrogens (tertiary/aromatic N) is 3. The minimum Gasteiger partial charge on any atom is -0.320 e. The van der Waals surface area contributed by atoms with Crippen LogP contribution in [0.25, 0.3) is 5.65 Å². The highest BCUT2D eigenvalue weighted by Crippen LogP contribution is 2.15. The highest BCUT2D eigenvalue weighted by Gasteiger charge is 2.11. The van der Waals surface area contributed by atoms with Gasteiger partial charge in [-0.2, -0.15) is 5.10 Å². The third kappa shape index (κ3) is 2.14. The molecule has 0 saturated carbocycles. The van der Waals surface area contributed by atoms with Crippen molar-refractivity contribution in [2.45, 2.75) is 13.8 Å².